The Hall–Kier alpha value is -2.14. The Morgan fingerprint density at radius 2 is 2.17 bits per heavy atom. The van der Waals surface area contributed by atoms with Crippen molar-refractivity contribution in [3.63, 3.8) is 0 Å². The summed E-state index contributed by atoms with van der Waals surface area (Å²) in [5.74, 6) is -0.649. The number of carboxylic acid groups (broad SMARTS) is 1. The smallest absolute Gasteiger partial charge is 0.328 e. The van der Waals surface area contributed by atoms with Gasteiger partial charge in [0.2, 0.25) is 11.8 Å². The van der Waals surface area contributed by atoms with E-state index < -0.39 is 5.97 Å². The summed E-state index contributed by atoms with van der Waals surface area (Å²) in [7, 11) is 0. The number of aromatic nitrogens is 2. The van der Waals surface area contributed by atoms with Gasteiger partial charge >= 0.3 is 5.97 Å². The molecule has 0 radical (unpaired) electrons. The molecular weight excluding hydrogens is 256 g/mol. The van der Waals surface area contributed by atoms with E-state index in [9.17, 15) is 4.79 Å². The van der Waals surface area contributed by atoms with Crippen molar-refractivity contribution in [2.24, 2.45) is 0 Å². The van der Waals surface area contributed by atoms with Crippen molar-refractivity contribution in [2.45, 2.75) is 6.92 Å². The van der Waals surface area contributed by atoms with Crippen molar-refractivity contribution in [1.82, 2.24) is 10.2 Å². The number of carboxylic acids is 1. The summed E-state index contributed by atoms with van der Waals surface area (Å²) in [6.45, 7) is 1.90. The monoisotopic (exact) mass is 264 g/mol. The Bertz CT molecular complexity index is 599. The average Bonchev–Trinajstić information content (AvgIpc) is 2.73. The van der Waals surface area contributed by atoms with Crippen LogP contribution in [-0.4, -0.2) is 21.3 Å². The van der Waals surface area contributed by atoms with Crippen LogP contribution in [0, 0.1) is 6.92 Å². The molecule has 1 N–H and O–H groups in total. The topological polar surface area (TPSA) is 76.2 Å². The maximum absolute atomic E-state index is 10.3. The minimum atomic E-state index is -1.08. The first-order chi connectivity index (χ1) is 8.54. The number of halogens is 1. The zero-order chi connectivity index (χ0) is 13.1. The Labute approximate surface area is 108 Å². The molecule has 18 heavy (non-hydrogen) atoms. The Morgan fingerprint density at radius 3 is 2.83 bits per heavy atom. The van der Waals surface area contributed by atoms with Crippen LogP contribution in [0.1, 0.15) is 11.5 Å². The summed E-state index contributed by atoms with van der Waals surface area (Å²) in [6, 6.07) is 5.36. The fraction of sp³-hybridized carbons (Fsp3) is 0.0833. The van der Waals surface area contributed by atoms with E-state index in [1.807, 2.05) is 19.1 Å². The molecule has 0 aliphatic carbocycles. The van der Waals surface area contributed by atoms with Crippen molar-refractivity contribution in [2.75, 3.05) is 0 Å². The molecule has 92 valence electrons. The lowest BCUT2D eigenvalue weighted by atomic mass is 10.1. The van der Waals surface area contributed by atoms with Crippen LogP contribution in [0.4, 0.5) is 0 Å². The zero-order valence-corrected chi connectivity index (χ0v) is 10.2. The van der Waals surface area contributed by atoms with Crippen molar-refractivity contribution < 1.29 is 14.3 Å². The second-order valence-corrected chi connectivity index (χ2v) is 4.07. The highest BCUT2D eigenvalue weighted by atomic mass is 35.5. The van der Waals surface area contributed by atoms with Crippen LogP contribution in [-0.2, 0) is 4.79 Å². The average molecular weight is 265 g/mol. The van der Waals surface area contributed by atoms with Crippen LogP contribution in [0.25, 0.3) is 17.5 Å². The molecule has 0 aliphatic rings. The molecular formula is C12H9ClN2O3. The van der Waals surface area contributed by atoms with E-state index in [0.29, 0.717) is 16.5 Å². The third kappa shape index (κ3) is 2.95. The van der Waals surface area contributed by atoms with Gasteiger partial charge in [0, 0.05) is 22.7 Å². The van der Waals surface area contributed by atoms with E-state index in [1.165, 1.54) is 6.08 Å². The fourth-order valence-corrected chi connectivity index (χ4v) is 1.71. The van der Waals surface area contributed by atoms with E-state index in [1.54, 1.807) is 6.07 Å². The first-order valence-electron chi connectivity index (χ1n) is 5.06. The number of rotatable bonds is 3. The van der Waals surface area contributed by atoms with Gasteiger partial charge in [0.25, 0.3) is 0 Å². The number of benzene rings is 1. The van der Waals surface area contributed by atoms with Gasteiger partial charge < -0.3 is 9.52 Å². The molecule has 0 saturated carbocycles. The van der Waals surface area contributed by atoms with Gasteiger partial charge in [0.05, 0.1) is 0 Å². The molecule has 0 unspecified atom stereocenters. The lowest BCUT2D eigenvalue weighted by molar-refractivity contribution is -0.131. The largest absolute Gasteiger partial charge is 0.478 e. The Morgan fingerprint density at radius 1 is 1.39 bits per heavy atom. The normalized spacial score (nSPS) is 11.0. The molecule has 1 aromatic heterocycles. The van der Waals surface area contributed by atoms with Crippen LogP contribution < -0.4 is 0 Å². The summed E-state index contributed by atoms with van der Waals surface area (Å²) in [5.41, 5.74) is 1.67. The number of hydrogen-bond donors (Lipinski definition) is 1. The third-order valence-corrected chi connectivity index (χ3v) is 2.32. The van der Waals surface area contributed by atoms with Gasteiger partial charge in [-0.15, -0.1) is 10.2 Å². The molecule has 0 fully saturated rings. The molecule has 0 atom stereocenters. The summed E-state index contributed by atoms with van der Waals surface area (Å²) in [4.78, 5) is 10.3. The van der Waals surface area contributed by atoms with Crippen molar-refractivity contribution in [3.8, 4) is 11.5 Å². The minimum absolute atomic E-state index is 0.130. The first kappa shape index (κ1) is 12.3. The van der Waals surface area contributed by atoms with Gasteiger partial charge in [-0.25, -0.2) is 4.79 Å². The molecule has 0 aliphatic heterocycles. The molecule has 0 saturated heterocycles. The van der Waals surface area contributed by atoms with Gasteiger partial charge in [0.1, 0.15) is 0 Å². The second-order valence-electron chi connectivity index (χ2n) is 3.63. The molecule has 1 heterocycles. The van der Waals surface area contributed by atoms with E-state index in [0.717, 1.165) is 11.6 Å². The highest BCUT2D eigenvalue weighted by Crippen LogP contribution is 2.23. The second kappa shape index (κ2) is 5.01. The van der Waals surface area contributed by atoms with Crippen molar-refractivity contribution in [1.29, 1.82) is 0 Å². The lowest BCUT2D eigenvalue weighted by Crippen LogP contribution is -1.85. The Balaban J connectivity index is 2.32. The van der Waals surface area contributed by atoms with Crippen LogP contribution in [0.3, 0.4) is 0 Å². The number of aryl methyl sites for hydroxylation is 1. The number of aliphatic carboxylic acids is 1. The predicted molar refractivity (Wildman–Crippen MR) is 66.2 cm³/mol. The highest BCUT2D eigenvalue weighted by Gasteiger charge is 2.08. The predicted octanol–water partition coefficient (Wildman–Crippen LogP) is 2.80. The van der Waals surface area contributed by atoms with Gasteiger partial charge in [0.15, 0.2) is 0 Å². The van der Waals surface area contributed by atoms with Gasteiger partial charge in [-0.3, -0.25) is 0 Å². The van der Waals surface area contributed by atoms with Crippen LogP contribution in [0.5, 0.6) is 0 Å². The summed E-state index contributed by atoms with van der Waals surface area (Å²) in [6.07, 6.45) is 2.16. The van der Waals surface area contributed by atoms with Gasteiger partial charge in [-0.2, -0.15) is 0 Å². The highest BCUT2D eigenvalue weighted by molar-refractivity contribution is 6.30. The van der Waals surface area contributed by atoms with Gasteiger partial charge in [-0.1, -0.05) is 11.6 Å². The summed E-state index contributed by atoms with van der Waals surface area (Å²) >= 11 is 5.93. The quantitative estimate of drug-likeness (QED) is 0.863. The van der Waals surface area contributed by atoms with Crippen molar-refractivity contribution >= 4 is 23.6 Å². The maximum Gasteiger partial charge on any atom is 0.328 e. The number of nitrogens with zero attached hydrogens (tertiary/aromatic N) is 2. The molecule has 2 aromatic rings. The van der Waals surface area contributed by atoms with E-state index in [2.05, 4.69) is 10.2 Å². The van der Waals surface area contributed by atoms with E-state index >= 15 is 0 Å². The van der Waals surface area contributed by atoms with Gasteiger partial charge in [-0.05, 0) is 30.7 Å². The standard InChI is InChI=1S/C12H9ClN2O3/c1-7-4-8(6-9(13)5-7)12-15-14-10(18-12)2-3-11(16)17/h2-6H,1H3,(H,16,17)/b3-2+. The number of hydrogen-bond acceptors (Lipinski definition) is 4. The minimum Gasteiger partial charge on any atom is -0.478 e. The molecule has 0 spiro atoms. The zero-order valence-electron chi connectivity index (χ0n) is 9.42. The van der Waals surface area contributed by atoms with Crippen LogP contribution in [0.2, 0.25) is 5.02 Å². The Kier molecular flexibility index (Phi) is 3.43. The molecule has 2 rings (SSSR count). The summed E-state index contributed by atoms with van der Waals surface area (Å²) < 4.78 is 5.30. The molecule has 0 bridgehead atoms. The molecule has 6 heteroatoms. The lowest BCUT2D eigenvalue weighted by Gasteiger charge is -1.98. The van der Waals surface area contributed by atoms with Crippen LogP contribution in [0.15, 0.2) is 28.7 Å². The molecule has 1 aromatic carbocycles. The summed E-state index contributed by atoms with van der Waals surface area (Å²) in [5, 5.41) is 16.6. The SMILES string of the molecule is Cc1cc(Cl)cc(-c2nnc(/C=C/C(=O)O)o2)c1. The third-order valence-electron chi connectivity index (χ3n) is 2.10. The fourth-order valence-electron chi connectivity index (χ4n) is 1.42. The first-order valence-corrected chi connectivity index (χ1v) is 5.44. The molecule has 5 nitrogen and oxygen atoms in total. The van der Waals surface area contributed by atoms with Crippen molar-refractivity contribution in [3.05, 3.63) is 40.8 Å². The number of carbonyl (C=O) groups is 1. The van der Waals surface area contributed by atoms with E-state index in [-0.39, 0.29) is 5.89 Å². The molecule has 0 amide bonds. The van der Waals surface area contributed by atoms with Crippen LogP contribution >= 0.6 is 11.6 Å². The maximum atomic E-state index is 10.3. The van der Waals surface area contributed by atoms with E-state index in [4.69, 9.17) is 21.1 Å².